The predicted octanol–water partition coefficient (Wildman–Crippen LogP) is 1.52. The van der Waals surface area contributed by atoms with Crippen LogP contribution in [-0.4, -0.2) is 42.0 Å². The van der Waals surface area contributed by atoms with Crippen molar-refractivity contribution in [3.05, 3.63) is 60.3 Å². The summed E-state index contributed by atoms with van der Waals surface area (Å²) >= 11 is 0. The summed E-state index contributed by atoms with van der Waals surface area (Å²) in [5.41, 5.74) is 0.0952. The number of anilines is 1. The first kappa shape index (κ1) is 16.6. The first-order chi connectivity index (χ1) is 12.3. The van der Waals surface area contributed by atoms with E-state index in [0.717, 1.165) is 32.0 Å². The number of nitriles is 1. The number of aromatic nitrogens is 1. The number of hydrogen-bond acceptors (Lipinski definition) is 6. The molecule has 1 amide bonds. The van der Waals surface area contributed by atoms with Gasteiger partial charge in [-0.3, -0.25) is 4.79 Å². The lowest BCUT2D eigenvalue weighted by atomic mass is 10.2. The molecule has 0 aliphatic carbocycles. The lowest BCUT2D eigenvalue weighted by Crippen LogP contribution is -2.44. The fourth-order valence-electron chi connectivity index (χ4n) is 2.62. The number of carbonyl (C=O) groups is 1. The molecule has 7 heteroatoms. The molecule has 1 N–H and O–H groups in total. The Morgan fingerprint density at radius 2 is 2.12 bits per heavy atom. The zero-order valence-corrected chi connectivity index (χ0v) is 13.8. The van der Waals surface area contributed by atoms with Crippen LogP contribution in [0, 0.1) is 11.3 Å². The largest absolute Gasteiger partial charge is 0.467 e. The highest BCUT2D eigenvalue weighted by molar-refractivity contribution is 5.97. The maximum Gasteiger partial charge on any atom is 0.263 e. The van der Waals surface area contributed by atoms with E-state index in [1.165, 1.54) is 0 Å². The normalized spacial score (nSPS) is 14.9. The summed E-state index contributed by atoms with van der Waals surface area (Å²) in [6.45, 7) is 3.30. The smallest absolute Gasteiger partial charge is 0.263 e. The molecule has 2 aromatic rings. The lowest BCUT2D eigenvalue weighted by molar-refractivity contribution is -0.117. The van der Waals surface area contributed by atoms with Crippen LogP contribution in [0.2, 0.25) is 0 Å². The number of nitrogens with one attached hydrogen (secondary N) is 1. The SMILES string of the molecule is N#C/C(=C/N1CCN(c2ccccn2)CC1)C(=O)NCc1ccco1. The van der Waals surface area contributed by atoms with Gasteiger partial charge in [-0.25, -0.2) is 4.98 Å². The van der Waals surface area contributed by atoms with E-state index in [1.54, 1.807) is 30.8 Å². The zero-order valence-electron chi connectivity index (χ0n) is 13.8. The molecule has 0 spiro atoms. The third-order valence-electron chi connectivity index (χ3n) is 3.97. The van der Waals surface area contributed by atoms with Gasteiger partial charge in [-0.2, -0.15) is 5.26 Å². The van der Waals surface area contributed by atoms with Crippen molar-refractivity contribution < 1.29 is 9.21 Å². The number of piperazine rings is 1. The first-order valence-corrected chi connectivity index (χ1v) is 8.09. The van der Waals surface area contributed by atoms with Crippen LogP contribution in [0.25, 0.3) is 0 Å². The van der Waals surface area contributed by atoms with Crippen LogP contribution < -0.4 is 10.2 Å². The maximum absolute atomic E-state index is 12.1. The van der Waals surface area contributed by atoms with Crippen LogP contribution >= 0.6 is 0 Å². The second kappa shape index (κ2) is 8.02. The molecule has 0 saturated carbocycles. The number of furan rings is 1. The molecule has 0 radical (unpaired) electrons. The molecule has 3 rings (SSSR count). The summed E-state index contributed by atoms with van der Waals surface area (Å²) in [5.74, 6) is 1.20. The molecule has 2 aromatic heterocycles. The van der Waals surface area contributed by atoms with Gasteiger partial charge in [0, 0.05) is 38.6 Å². The predicted molar refractivity (Wildman–Crippen MR) is 92.3 cm³/mol. The highest BCUT2D eigenvalue weighted by Gasteiger charge is 2.18. The van der Waals surface area contributed by atoms with Gasteiger partial charge in [-0.15, -0.1) is 0 Å². The number of rotatable bonds is 5. The standard InChI is InChI=1S/C18H19N5O2/c19-12-15(18(24)21-13-16-4-3-11-25-16)14-22-7-9-23(10-8-22)17-5-1-2-6-20-17/h1-6,11,14H,7-10,13H2,(H,21,24)/b15-14-. The van der Waals surface area contributed by atoms with Gasteiger partial charge in [-0.1, -0.05) is 6.07 Å². The van der Waals surface area contributed by atoms with Gasteiger partial charge >= 0.3 is 0 Å². The van der Waals surface area contributed by atoms with E-state index < -0.39 is 5.91 Å². The monoisotopic (exact) mass is 337 g/mol. The molecule has 7 nitrogen and oxygen atoms in total. The van der Waals surface area contributed by atoms with E-state index in [0.29, 0.717) is 5.76 Å². The van der Waals surface area contributed by atoms with E-state index in [1.807, 2.05) is 29.2 Å². The third kappa shape index (κ3) is 4.38. The average Bonchev–Trinajstić information content (AvgIpc) is 3.19. The quantitative estimate of drug-likeness (QED) is 0.658. The highest BCUT2D eigenvalue weighted by Crippen LogP contribution is 2.13. The molecule has 1 aliphatic rings. The fraction of sp³-hybridized carbons (Fsp3) is 0.278. The molecule has 0 bridgehead atoms. The van der Waals surface area contributed by atoms with Gasteiger partial charge in [0.15, 0.2) is 0 Å². The van der Waals surface area contributed by atoms with Crippen LogP contribution in [0.1, 0.15) is 5.76 Å². The fourth-order valence-corrected chi connectivity index (χ4v) is 2.62. The van der Waals surface area contributed by atoms with E-state index in [9.17, 15) is 10.1 Å². The van der Waals surface area contributed by atoms with Crippen LogP contribution in [0.5, 0.6) is 0 Å². The minimum Gasteiger partial charge on any atom is -0.467 e. The number of carbonyl (C=O) groups excluding carboxylic acids is 1. The molecule has 25 heavy (non-hydrogen) atoms. The minimum absolute atomic E-state index is 0.0952. The van der Waals surface area contributed by atoms with Crippen LogP contribution in [0.15, 0.2) is 59.0 Å². The third-order valence-corrected chi connectivity index (χ3v) is 3.97. The van der Waals surface area contributed by atoms with Crippen molar-refractivity contribution in [1.82, 2.24) is 15.2 Å². The van der Waals surface area contributed by atoms with Crippen molar-refractivity contribution in [1.29, 1.82) is 5.26 Å². The molecule has 1 aliphatic heterocycles. The van der Waals surface area contributed by atoms with E-state index in [4.69, 9.17) is 4.42 Å². The van der Waals surface area contributed by atoms with E-state index in [-0.39, 0.29) is 12.1 Å². The van der Waals surface area contributed by atoms with Gasteiger partial charge in [0.2, 0.25) is 0 Å². The Morgan fingerprint density at radius 1 is 1.28 bits per heavy atom. The van der Waals surface area contributed by atoms with Gasteiger partial charge in [0.05, 0.1) is 12.8 Å². The summed E-state index contributed by atoms with van der Waals surface area (Å²) in [6.07, 6.45) is 4.95. The number of nitrogens with zero attached hydrogens (tertiary/aromatic N) is 4. The number of pyridine rings is 1. The second-order valence-corrected chi connectivity index (χ2v) is 5.63. The first-order valence-electron chi connectivity index (χ1n) is 8.09. The van der Waals surface area contributed by atoms with Crippen molar-refractivity contribution in [2.75, 3.05) is 31.1 Å². The Hall–Kier alpha value is -3.27. The van der Waals surface area contributed by atoms with Crippen molar-refractivity contribution in [3.8, 4) is 6.07 Å². The summed E-state index contributed by atoms with van der Waals surface area (Å²) in [6, 6.07) is 11.3. The Kier molecular flexibility index (Phi) is 5.32. The van der Waals surface area contributed by atoms with Gasteiger partial charge in [0.25, 0.3) is 5.91 Å². The molecule has 1 fully saturated rings. The van der Waals surface area contributed by atoms with Crippen molar-refractivity contribution in [3.63, 3.8) is 0 Å². The van der Waals surface area contributed by atoms with Gasteiger partial charge in [0.1, 0.15) is 23.2 Å². The van der Waals surface area contributed by atoms with Crippen molar-refractivity contribution in [2.24, 2.45) is 0 Å². The Balaban J connectivity index is 1.54. The van der Waals surface area contributed by atoms with Crippen LogP contribution in [-0.2, 0) is 11.3 Å². The minimum atomic E-state index is -0.397. The Labute approximate surface area is 146 Å². The van der Waals surface area contributed by atoms with Gasteiger partial charge < -0.3 is 19.5 Å². The maximum atomic E-state index is 12.1. The molecule has 128 valence electrons. The zero-order chi connectivity index (χ0) is 17.5. The molecule has 0 unspecified atom stereocenters. The van der Waals surface area contributed by atoms with E-state index in [2.05, 4.69) is 15.2 Å². The second-order valence-electron chi connectivity index (χ2n) is 5.63. The number of hydrogen-bond donors (Lipinski definition) is 1. The van der Waals surface area contributed by atoms with Crippen LogP contribution in [0.3, 0.4) is 0 Å². The molecular weight excluding hydrogens is 318 g/mol. The summed E-state index contributed by atoms with van der Waals surface area (Å²) in [4.78, 5) is 20.7. The molecule has 3 heterocycles. The number of amides is 1. The summed E-state index contributed by atoms with van der Waals surface area (Å²) < 4.78 is 5.16. The Morgan fingerprint density at radius 3 is 2.76 bits per heavy atom. The average molecular weight is 337 g/mol. The summed E-state index contributed by atoms with van der Waals surface area (Å²) in [5, 5.41) is 12.0. The topological polar surface area (TPSA) is 85.4 Å². The lowest BCUT2D eigenvalue weighted by Gasteiger charge is -2.34. The molecule has 0 aromatic carbocycles. The van der Waals surface area contributed by atoms with Gasteiger partial charge in [-0.05, 0) is 24.3 Å². The molecular formula is C18H19N5O2. The van der Waals surface area contributed by atoms with Crippen molar-refractivity contribution in [2.45, 2.75) is 6.54 Å². The summed E-state index contributed by atoms with van der Waals surface area (Å²) in [7, 11) is 0. The molecule has 1 saturated heterocycles. The van der Waals surface area contributed by atoms with Crippen LogP contribution in [0.4, 0.5) is 5.82 Å². The van der Waals surface area contributed by atoms with Crippen molar-refractivity contribution >= 4 is 11.7 Å². The Bertz CT molecular complexity index is 757. The van der Waals surface area contributed by atoms with E-state index >= 15 is 0 Å². The molecule has 0 atom stereocenters. The highest BCUT2D eigenvalue weighted by atomic mass is 16.3.